The summed E-state index contributed by atoms with van der Waals surface area (Å²) in [4.78, 5) is 5.68. The van der Waals surface area contributed by atoms with Crippen LogP contribution in [0.25, 0.3) is 127 Å². The molecular formula is C65H42N4. The molecular weight excluding hydrogens is 837 g/mol. The largest absolute Gasteiger partial charge is 0.309 e. The molecule has 4 heteroatoms. The molecule has 0 saturated heterocycles. The van der Waals surface area contributed by atoms with Gasteiger partial charge in [0, 0.05) is 49.0 Å². The van der Waals surface area contributed by atoms with Crippen molar-refractivity contribution in [1.82, 2.24) is 18.7 Å². The number of nitrogens with zero attached hydrogens (tertiary/aromatic N) is 4. The fraction of sp³-hybridized carbons (Fsp3) is 0. The van der Waals surface area contributed by atoms with E-state index in [1.54, 1.807) is 0 Å². The van der Waals surface area contributed by atoms with E-state index in [1.807, 2.05) is 0 Å². The van der Waals surface area contributed by atoms with Crippen molar-refractivity contribution < 1.29 is 0 Å². The summed E-state index contributed by atoms with van der Waals surface area (Å²) in [6.07, 6.45) is 0. The van der Waals surface area contributed by atoms with Crippen molar-refractivity contribution in [2.24, 2.45) is 0 Å². The van der Waals surface area contributed by atoms with E-state index < -0.39 is 0 Å². The van der Waals surface area contributed by atoms with Gasteiger partial charge in [-0.25, -0.2) is 4.98 Å². The van der Waals surface area contributed by atoms with E-state index in [1.165, 1.54) is 43.4 Å². The molecule has 14 aromatic rings. The van der Waals surface area contributed by atoms with Gasteiger partial charge in [-0.05, 0) is 83.4 Å². The molecule has 10 aromatic carbocycles. The summed E-state index contributed by atoms with van der Waals surface area (Å²) in [6, 6.07) is 92.3. The summed E-state index contributed by atoms with van der Waals surface area (Å²) in [5.41, 5.74) is 18.6. The fourth-order valence-electron chi connectivity index (χ4n) is 11.1. The third-order valence-electron chi connectivity index (χ3n) is 14.1. The molecule has 0 radical (unpaired) electrons. The first-order valence-electron chi connectivity index (χ1n) is 23.6. The lowest BCUT2D eigenvalue weighted by Crippen LogP contribution is -2.03. The average Bonchev–Trinajstić information content (AvgIpc) is 4.07. The van der Waals surface area contributed by atoms with Gasteiger partial charge >= 0.3 is 0 Å². The lowest BCUT2D eigenvalue weighted by molar-refractivity contribution is 1.16. The number of benzene rings is 10. The van der Waals surface area contributed by atoms with Crippen LogP contribution in [-0.4, -0.2) is 18.7 Å². The summed E-state index contributed by atoms with van der Waals surface area (Å²) in [7, 11) is 0. The second kappa shape index (κ2) is 15.7. The Morgan fingerprint density at radius 3 is 1.25 bits per heavy atom. The molecule has 0 fully saturated rings. The normalized spacial score (nSPS) is 11.8. The van der Waals surface area contributed by atoms with Crippen LogP contribution in [0.1, 0.15) is 0 Å². The van der Waals surface area contributed by atoms with Crippen molar-refractivity contribution in [3.8, 4) is 61.8 Å². The molecule has 0 amide bonds. The Kier molecular flexibility index (Phi) is 8.86. The van der Waals surface area contributed by atoms with E-state index in [9.17, 15) is 0 Å². The highest BCUT2D eigenvalue weighted by Gasteiger charge is 2.25. The highest BCUT2D eigenvalue weighted by Crippen LogP contribution is 2.46. The monoisotopic (exact) mass is 878 g/mol. The molecule has 0 aliphatic heterocycles. The summed E-state index contributed by atoms with van der Waals surface area (Å²) < 4.78 is 7.39. The lowest BCUT2D eigenvalue weighted by Gasteiger charge is -2.21. The Bertz CT molecular complexity index is 4140. The summed E-state index contributed by atoms with van der Waals surface area (Å²) in [6.45, 7) is 0. The van der Waals surface area contributed by atoms with Crippen LogP contribution in [0.15, 0.2) is 255 Å². The molecule has 322 valence electrons. The number of rotatable bonds is 7. The van der Waals surface area contributed by atoms with Gasteiger partial charge in [0.25, 0.3) is 0 Å². The maximum Gasteiger partial charge on any atom is 0.0743 e. The Morgan fingerprint density at radius 1 is 0.246 bits per heavy atom. The highest BCUT2D eigenvalue weighted by molar-refractivity contribution is 6.17. The predicted octanol–water partition coefficient (Wildman–Crippen LogP) is 17.0. The van der Waals surface area contributed by atoms with Crippen LogP contribution in [0.4, 0.5) is 0 Å². The van der Waals surface area contributed by atoms with E-state index in [0.717, 1.165) is 83.9 Å². The summed E-state index contributed by atoms with van der Waals surface area (Å²) in [5, 5.41) is 7.32. The maximum absolute atomic E-state index is 5.68. The van der Waals surface area contributed by atoms with Gasteiger partial charge in [-0.15, -0.1) is 0 Å². The number of aromatic nitrogens is 4. The number of pyridine rings is 1. The maximum atomic E-state index is 5.68. The summed E-state index contributed by atoms with van der Waals surface area (Å²) in [5.74, 6) is 0. The minimum Gasteiger partial charge on any atom is -0.309 e. The van der Waals surface area contributed by atoms with Crippen LogP contribution in [0, 0.1) is 0 Å². The number of fused-ring (bicyclic) bond motifs is 9. The summed E-state index contributed by atoms with van der Waals surface area (Å²) >= 11 is 0. The van der Waals surface area contributed by atoms with E-state index in [2.05, 4.69) is 268 Å². The second-order valence-corrected chi connectivity index (χ2v) is 17.8. The van der Waals surface area contributed by atoms with Crippen LogP contribution in [0.2, 0.25) is 0 Å². The zero-order valence-electron chi connectivity index (χ0n) is 37.5. The van der Waals surface area contributed by atoms with E-state index in [-0.39, 0.29) is 0 Å². The standard InChI is InChI=1S/C65H42N4/c1-3-21-43(22-4-1)45-41-53(44-23-5-2-6-24-44)66-54(42-45)64-51(31-19-38-61(64)67-55-32-13-7-25-46(55)47-26-8-14-33-56(47)67)50-29-11-17-36-59(50)69-60-37-18-12-30-52(60)65-62(39-20-40-63(65)69)68-57-34-15-9-27-48(57)49-28-10-16-35-58(49)68/h1-42H. The van der Waals surface area contributed by atoms with Crippen LogP contribution < -0.4 is 0 Å². The molecule has 14 rings (SSSR count). The molecule has 69 heavy (non-hydrogen) atoms. The topological polar surface area (TPSA) is 27.7 Å². The van der Waals surface area contributed by atoms with Crippen molar-refractivity contribution in [3.63, 3.8) is 0 Å². The van der Waals surface area contributed by atoms with Crippen LogP contribution in [0.5, 0.6) is 0 Å². The third-order valence-corrected chi connectivity index (χ3v) is 14.1. The van der Waals surface area contributed by atoms with E-state index >= 15 is 0 Å². The van der Waals surface area contributed by atoms with Crippen LogP contribution >= 0.6 is 0 Å². The quantitative estimate of drug-likeness (QED) is 0.157. The minimum absolute atomic E-state index is 0.897. The van der Waals surface area contributed by atoms with Gasteiger partial charge in [-0.2, -0.15) is 0 Å². The van der Waals surface area contributed by atoms with Crippen LogP contribution in [0.3, 0.4) is 0 Å². The number of hydrogen-bond donors (Lipinski definition) is 0. The van der Waals surface area contributed by atoms with Gasteiger partial charge in [0.1, 0.15) is 0 Å². The number of para-hydroxylation sites is 6. The Labute approximate surface area is 398 Å². The van der Waals surface area contributed by atoms with Gasteiger partial charge in [-0.1, -0.05) is 188 Å². The first-order chi connectivity index (χ1) is 34.3. The van der Waals surface area contributed by atoms with Crippen molar-refractivity contribution in [2.45, 2.75) is 0 Å². The Hall–Kier alpha value is -9.25. The van der Waals surface area contributed by atoms with Gasteiger partial charge in [0.2, 0.25) is 0 Å². The van der Waals surface area contributed by atoms with E-state index in [4.69, 9.17) is 4.98 Å². The van der Waals surface area contributed by atoms with Crippen molar-refractivity contribution in [1.29, 1.82) is 0 Å². The molecule has 0 spiro atoms. The van der Waals surface area contributed by atoms with Crippen LogP contribution in [-0.2, 0) is 0 Å². The first-order valence-corrected chi connectivity index (χ1v) is 23.6. The Balaban J connectivity index is 1.09. The van der Waals surface area contributed by atoms with Gasteiger partial charge in [0.15, 0.2) is 0 Å². The first kappa shape index (κ1) is 39.0. The van der Waals surface area contributed by atoms with Crippen molar-refractivity contribution >= 4 is 65.4 Å². The molecule has 0 saturated carbocycles. The highest BCUT2D eigenvalue weighted by atomic mass is 15.0. The van der Waals surface area contributed by atoms with Gasteiger partial charge in [-0.3, -0.25) is 0 Å². The van der Waals surface area contributed by atoms with Crippen molar-refractivity contribution in [3.05, 3.63) is 255 Å². The predicted molar refractivity (Wildman–Crippen MR) is 289 cm³/mol. The molecule has 0 atom stereocenters. The number of hydrogen-bond acceptors (Lipinski definition) is 1. The average molecular weight is 879 g/mol. The third kappa shape index (κ3) is 6.06. The SMILES string of the molecule is c1ccc(-c2cc(-c3ccccc3)nc(-c3c(-c4ccccc4-n4c5ccccc5c5c(-n6c7ccccc7c7ccccc76)cccc54)cccc3-n3c4ccccc4c4ccccc43)c2)cc1. The molecule has 0 aliphatic carbocycles. The molecule has 4 aromatic heterocycles. The molecule has 0 aliphatic rings. The minimum atomic E-state index is 0.897. The van der Waals surface area contributed by atoms with Gasteiger partial charge < -0.3 is 13.7 Å². The zero-order chi connectivity index (χ0) is 45.4. The second-order valence-electron chi connectivity index (χ2n) is 17.8. The smallest absolute Gasteiger partial charge is 0.0743 e. The molecule has 4 nitrogen and oxygen atoms in total. The molecule has 4 heterocycles. The Morgan fingerprint density at radius 2 is 0.638 bits per heavy atom. The van der Waals surface area contributed by atoms with Gasteiger partial charge in [0.05, 0.1) is 61.6 Å². The molecule has 0 unspecified atom stereocenters. The zero-order valence-corrected chi connectivity index (χ0v) is 37.5. The lowest BCUT2D eigenvalue weighted by atomic mass is 9.92. The molecule has 0 bridgehead atoms. The van der Waals surface area contributed by atoms with E-state index in [0.29, 0.717) is 0 Å². The fourth-order valence-corrected chi connectivity index (χ4v) is 11.1. The van der Waals surface area contributed by atoms with Crippen molar-refractivity contribution in [2.75, 3.05) is 0 Å². The molecule has 0 N–H and O–H groups in total.